The monoisotopic (exact) mass is 314 g/mol. The Morgan fingerprint density at radius 2 is 2.32 bits per heavy atom. The van der Waals surface area contributed by atoms with Gasteiger partial charge in [-0.25, -0.2) is 8.78 Å². The molecule has 0 radical (unpaired) electrons. The molecule has 1 amide bonds. The maximum atomic E-state index is 13.1. The molecule has 2 aliphatic heterocycles. The predicted octanol–water partition coefficient (Wildman–Crippen LogP) is 1.40. The lowest BCUT2D eigenvalue weighted by Crippen LogP contribution is -2.67. The van der Waals surface area contributed by atoms with Crippen LogP contribution in [-0.4, -0.2) is 37.3 Å². The lowest BCUT2D eigenvalue weighted by Gasteiger charge is -2.50. The number of aliphatic hydroxyl groups excluding tert-OH is 1. The molecule has 3 heterocycles. The van der Waals surface area contributed by atoms with Crippen LogP contribution in [0.3, 0.4) is 0 Å². The van der Waals surface area contributed by atoms with E-state index in [1.807, 2.05) is 0 Å². The number of halogens is 2. The average Bonchev–Trinajstić information content (AvgIpc) is 2.51. The van der Waals surface area contributed by atoms with Crippen molar-refractivity contribution in [3.63, 3.8) is 0 Å². The van der Waals surface area contributed by atoms with Crippen molar-refractivity contribution in [2.45, 2.75) is 37.1 Å². The third-order valence-corrected chi connectivity index (χ3v) is 4.73. The third-order valence-electron chi connectivity index (χ3n) is 4.73. The fraction of sp³-hybridized carbons (Fsp3) is 0.600. The Kier molecular flexibility index (Phi) is 3.34. The second-order valence-corrected chi connectivity index (χ2v) is 5.85. The summed E-state index contributed by atoms with van der Waals surface area (Å²) in [5, 5.41) is 7.35. The number of aromatic nitrogens is 1. The Hall–Kier alpha value is -1.60. The van der Waals surface area contributed by atoms with Gasteiger partial charge in [-0.15, -0.1) is 0 Å². The molecule has 22 heavy (non-hydrogen) atoms. The van der Waals surface area contributed by atoms with E-state index >= 15 is 0 Å². The number of alkyl halides is 2. The summed E-state index contributed by atoms with van der Waals surface area (Å²) in [6.45, 7) is 2.43. The topological polar surface area (TPSA) is 71.5 Å². The Morgan fingerprint density at radius 3 is 2.86 bits per heavy atom. The summed E-state index contributed by atoms with van der Waals surface area (Å²) in [4.78, 5) is 16.9. The Bertz CT molecular complexity index is 625. The molecule has 1 fully saturated rings. The molecule has 7 heteroatoms. The molecule has 1 atom stereocenters. The zero-order valence-electron chi connectivity index (χ0n) is 13.2. The average molecular weight is 314 g/mol. The van der Waals surface area contributed by atoms with Gasteiger partial charge in [0.25, 0.3) is 6.43 Å². The van der Waals surface area contributed by atoms with Gasteiger partial charge in [0.1, 0.15) is 11.2 Å². The highest BCUT2D eigenvalue weighted by atomic mass is 19.3. The number of fused-ring (bicyclic) bond motifs is 2. The molecular formula is C15H18F2N2O3. The molecular weight excluding hydrogens is 294 g/mol. The van der Waals surface area contributed by atoms with Crippen molar-refractivity contribution in [2.75, 3.05) is 19.8 Å². The van der Waals surface area contributed by atoms with Crippen molar-refractivity contribution in [2.24, 2.45) is 0 Å². The SMILES string of the molecule is [3H]OCCC1(CC)C(=O)NC2(COC2)c2ccc(C(F)F)nc21. The van der Waals surface area contributed by atoms with Crippen LogP contribution in [0.15, 0.2) is 12.1 Å². The highest BCUT2D eigenvalue weighted by Gasteiger charge is 2.55. The number of carbonyl (C=O) groups excluding carboxylic acids is 1. The lowest BCUT2D eigenvalue weighted by molar-refractivity contribution is -0.144. The summed E-state index contributed by atoms with van der Waals surface area (Å²) in [5.74, 6) is -0.272. The molecule has 120 valence electrons. The summed E-state index contributed by atoms with van der Waals surface area (Å²) in [6, 6.07) is 2.90. The third kappa shape index (κ3) is 1.95. The first-order valence-electron chi connectivity index (χ1n) is 7.68. The van der Waals surface area contributed by atoms with Crippen LogP contribution in [0.5, 0.6) is 0 Å². The zero-order chi connectivity index (χ0) is 16.7. The highest BCUT2D eigenvalue weighted by Crippen LogP contribution is 2.45. The smallest absolute Gasteiger partial charge is 0.280 e. The van der Waals surface area contributed by atoms with Crippen LogP contribution in [0.2, 0.25) is 0 Å². The van der Waals surface area contributed by atoms with Crippen molar-refractivity contribution < 1.29 is 23.4 Å². The van der Waals surface area contributed by atoms with Crippen LogP contribution in [0.1, 0.15) is 43.1 Å². The van der Waals surface area contributed by atoms with E-state index in [2.05, 4.69) is 15.4 Å². The molecule has 5 nitrogen and oxygen atoms in total. The molecule has 0 aromatic carbocycles. The summed E-state index contributed by atoms with van der Waals surface area (Å²) in [7, 11) is 0. The summed E-state index contributed by atoms with van der Waals surface area (Å²) in [5.41, 5.74) is -1.01. The summed E-state index contributed by atoms with van der Waals surface area (Å²) >= 11 is 0. The Balaban J connectivity index is 2.17. The van der Waals surface area contributed by atoms with Gasteiger partial charge in [0.2, 0.25) is 7.34 Å². The second-order valence-electron chi connectivity index (χ2n) is 5.85. The molecule has 1 spiro atoms. The molecule has 0 saturated carbocycles. The number of hydrogen-bond acceptors (Lipinski definition) is 4. The number of nitrogens with zero attached hydrogens (tertiary/aromatic N) is 1. The van der Waals surface area contributed by atoms with E-state index in [0.717, 1.165) is 5.56 Å². The molecule has 0 bridgehead atoms. The largest absolute Gasteiger partial charge is 0.396 e. The van der Waals surface area contributed by atoms with Gasteiger partial charge in [0.05, 0.1) is 24.3 Å². The molecule has 0 aliphatic carbocycles. The number of amides is 1. The fourth-order valence-electron chi connectivity index (χ4n) is 3.30. The number of aliphatic hydroxyl groups is 1. The number of hydrogen-bond donors (Lipinski definition) is 2. The predicted molar refractivity (Wildman–Crippen MR) is 73.5 cm³/mol. The van der Waals surface area contributed by atoms with Crippen molar-refractivity contribution in [3.05, 3.63) is 29.1 Å². The summed E-state index contributed by atoms with van der Waals surface area (Å²) < 4.78 is 38.3. The molecule has 2 N–H and O–H groups in total. The van der Waals surface area contributed by atoms with Crippen LogP contribution < -0.4 is 5.32 Å². The highest BCUT2D eigenvalue weighted by molar-refractivity contribution is 5.91. The van der Waals surface area contributed by atoms with Gasteiger partial charge < -0.3 is 15.2 Å². The molecule has 1 aromatic heterocycles. The Morgan fingerprint density at radius 1 is 1.55 bits per heavy atom. The van der Waals surface area contributed by atoms with Crippen LogP contribution >= 0.6 is 0 Å². The maximum Gasteiger partial charge on any atom is 0.280 e. The standard InChI is InChI=1S/C15H18F2N2O3/c1-2-14(5-6-20)11-9(3-4-10(18-11)12(16)17)15(7-22-8-15)19-13(14)21/h3-4,12,20H,2,5-8H2,1H3,(H,19,21)/i20T. The van der Waals surface area contributed by atoms with Crippen molar-refractivity contribution in [1.82, 2.24) is 10.3 Å². The van der Waals surface area contributed by atoms with E-state index in [4.69, 9.17) is 6.17 Å². The number of ether oxygens (including phenoxy) is 1. The number of pyridine rings is 1. The Labute approximate surface area is 128 Å². The van der Waals surface area contributed by atoms with E-state index in [-0.39, 0.29) is 24.6 Å². The minimum absolute atomic E-state index is 0.0186. The molecule has 1 unspecified atom stereocenters. The number of rotatable bonds is 5. The van der Waals surface area contributed by atoms with E-state index in [1.165, 1.54) is 6.07 Å². The lowest BCUT2D eigenvalue weighted by atomic mass is 9.68. The van der Waals surface area contributed by atoms with E-state index < -0.39 is 17.4 Å². The van der Waals surface area contributed by atoms with E-state index in [0.29, 0.717) is 25.3 Å². The van der Waals surface area contributed by atoms with Crippen LogP contribution in [0.4, 0.5) is 8.78 Å². The van der Waals surface area contributed by atoms with Crippen molar-refractivity contribution in [1.29, 1.82) is 1.43 Å². The first-order valence-corrected chi connectivity index (χ1v) is 7.27. The first kappa shape index (κ1) is 14.0. The number of nitrogens with one attached hydrogen (secondary N) is 1. The van der Waals surface area contributed by atoms with Crippen molar-refractivity contribution in [3.8, 4) is 0 Å². The van der Waals surface area contributed by atoms with Crippen LogP contribution in [0.25, 0.3) is 0 Å². The maximum absolute atomic E-state index is 13.1. The van der Waals surface area contributed by atoms with E-state index in [9.17, 15) is 13.6 Å². The molecule has 2 aliphatic rings. The fourth-order valence-corrected chi connectivity index (χ4v) is 3.30. The van der Waals surface area contributed by atoms with Crippen LogP contribution in [-0.2, 0) is 20.5 Å². The van der Waals surface area contributed by atoms with Crippen molar-refractivity contribution >= 4 is 5.91 Å². The van der Waals surface area contributed by atoms with Gasteiger partial charge in [-0.05, 0) is 18.9 Å². The first-order chi connectivity index (χ1) is 11.0. The zero-order valence-corrected chi connectivity index (χ0v) is 12.2. The van der Waals surface area contributed by atoms with Gasteiger partial charge in [0.15, 0.2) is 0 Å². The minimum atomic E-state index is -2.71. The van der Waals surface area contributed by atoms with Gasteiger partial charge in [-0.1, -0.05) is 13.0 Å². The van der Waals surface area contributed by atoms with E-state index in [1.54, 1.807) is 13.0 Å². The minimum Gasteiger partial charge on any atom is -0.396 e. The van der Waals surface area contributed by atoms with Gasteiger partial charge >= 0.3 is 0 Å². The quantitative estimate of drug-likeness (QED) is 0.862. The van der Waals surface area contributed by atoms with Gasteiger partial charge in [-0.2, -0.15) is 0 Å². The van der Waals surface area contributed by atoms with Gasteiger partial charge in [-0.3, -0.25) is 9.78 Å². The molecule has 1 aromatic rings. The normalized spacial score (nSPS) is 26.4. The second kappa shape index (κ2) is 5.24. The number of carbonyl (C=O) groups is 1. The van der Waals surface area contributed by atoms with Gasteiger partial charge in [0, 0.05) is 12.2 Å². The molecule has 3 rings (SSSR count). The summed E-state index contributed by atoms with van der Waals surface area (Å²) in [6.07, 6.45) is -2.12. The molecule has 1 saturated heterocycles. The van der Waals surface area contributed by atoms with Crippen LogP contribution in [0, 0.1) is 0 Å².